The molecule has 3 aliphatic rings. The largest absolute Gasteiger partial charge is 0.448 e. The minimum absolute atomic E-state index is 0.0143. The van der Waals surface area contributed by atoms with E-state index in [2.05, 4.69) is 16.0 Å². The Bertz CT molecular complexity index is 760. The van der Waals surface area contributed by atoms with Crippen LogP contribution in [0.15, 0.2) is 18.2 Å². The van der Waals surface area contributed by atoms with Crippen molar-refractivity contribution in [1.82, 2.24) is 10.6 Å². The molecule has 2 aliphatic heterocycles. The third-order valence-corrected chi connectivity index (χ3v) is 6.13. The van der Waals surface area contributed by atoms with Crippen molar-refractivity contribution in [2.24, 2.45) is 0 Å². The third kappa shape index (κ3) is 4.77. The molecule has 3 N–H and O–H groups in total. The van der Waals surface area contributed by atoms with E-state index in [1.165, 1.54) is 6.42 Å². The summed E-state index contributed by atoms with van der Waals surface area (Å²) in [7, 11) is 0. The molecule has 7 nitrogen and oxygen atoms in total. The van der Waals surface area contributed by atoms with Gasteiger partial charge in [-0.25, -0.2) is 4.79 Å². The van der Waals surface area contributed by atoms with Crippen molar-refractivity contribution in [1.29, 1.82) is 0 Å². The fraction of sp³-hybridized carbons (Fsp3) is 0.636. The Hall–Kier alpha value is -2.44. The average Bonchev–Trinajstić information content (AvgIpc) is 3.20. The Kier molecular flexibility index (Phi) is 5.83. The van der Waals surface area contributed by atoms with Gasteiger partial charge < -0.3 is 25.4 Å². The maximum Gasteiger partial charge on any atom is 0.315 e. The van der Waals surface area contributed by atoms with Crippen molar-refractivity contribution in [2.75, 3.05) is 5.32 Å². The molecule has 3 amide bonds. The molecule has 1 spiro atoms. The number of urea groups is 1. The number of unbranched alkanes of at least 4 members (excludes halogenated alkanes) is 2. The summed E-state index contributed by atoms with van der Waals surface area (Å²) in [4.78, 5) is 23.6. The predicted octanol–water partition coefficient (Wildman–Crippen LogP) is 4.08. The summed E-state index contributed by atoms with van der Waals surface area (Å²) in [6.45, 7) is 2.01. The van der Waals surface area contributed by atoms with Crippen molar-refractivity contribution in [3.63, 3.8) is 0 Å². The number of carbonyl (C=O) groups is 2. The first-order valence-electron chi connectivity index (χ1n) is 10.9. The first-order valence-corrected chi connectivity index (χ1v) is 10.9. The maximum atomic E-state index is 12.3. The number of ether oxygens (including phenoxy) is 2. The van der Waals surface area contributed by atoms with E-state index in [-0.39, 0.29) is 24.0 Å². The van der Waals surface area contributed by atoms with E-state index in [0.29, 0.717) is 6.42 Å². The van der Waals surface area contributed by atoms with E-state index in [0.717, 1.165) is 68.6 Å². The highest BCUT2D eigenvalue weighted by Crippen LogP contribution is 2.46. The van der Waals surface area contributed by atoms with E-state index in [9.17, 15) is 9.59 Å². The summed E-state index contributed by atoms with van der Waals surface area (Å²) in [5.41, 5.74) is 0.749. The Morgan fingerprint density at radius 3 is 2.66 bits per heavy atom. The molecule has 2 atom stereocenters. The van der Waals surface area contributed by atoms with Crippen molar-refractivity contribution in [2.45, 2.75) is 89.0 Å². The van der Waals surface area contributed by atoms with Crippen LogP contribution < -0.4 is 25.4 Å². The first-order chi connectivity index (χ1) is 14.0. The summed E-state index contributed by atoms with van der Waals surface area (Å²) in [6.07, 6.45) is 9.55. The zero-order valence-electron chi connectivity index (χ0n) is 17.1. The normalized spacial score (nSPS) is 24.2. The molecule has 158 valence electrons. The molecule has 4 rings (SSSR count). The molecule has 2 heterocycles. The second kappa shape index (κ2) is 8.51. The lowest BCUT2D eigenvalue weighted by Gasteiger charge is -2.31. The van der Waals surface area contributed by atoms with Gasteiger partial charge in [0, 0.05) is 37.1 Å². The molecule has 7 heteroatoms. The number of anilines is 1. The zero-order chi connectivity index (χ0) is 20.3. The van der Waals surface area contributed by atoms with Gasteiger partial charge in [-0.05, 0) is 44.7 Å². The van der Waals surface area contributed by atoms with Crippen molar-refractivity contribution in [3.05, 3.63) is 18.2 Å². The van der Waals surface area contributed by atoms with Crippen LogP contribution in [0.5, 0.6) is 11.5 Å². The Labute approximate surface area is 171 Å². The third-order valence-electron chi connectivity index (χ3n) is 6.13. The molecular weight excluding hydrogens is 370 g/mol. The standard InChI is InChI=1S/C22H31N3O4/c1-15-17(25-21(27)23-15)8-4-2-5-9-20(26)24-16-10-11-18-19(14-16)29-22(28-18)12-6-3-7-13-22/h10-11,14-15,17H,2-9,12-13H2,1H3,(H,24,26)(H2,23,25,27)/t15-,17-/m0/s1. The van der Waals surface area contributed by atoms with Crippen molar-refractivity contribution in [3.8, 4) is 11.5 Å². The second-order valence-corrected chi connectivity index (χ2v) is 8.50. The molecule has 1 saturated heterocycles. The van der Waals surface area contributed by atoms with Crippen molar-refractivity contribution >= 4 is 17.6 Å². The number of nitrogens with one attached hydrogen (secondary N) is 3. The summed E-state index contributed by atoms with van der Waals surface area (Å²) < 4.78 is 12.2. The number of hydrogen-bond acceptors (Lipinski definition) is 4. The molecule has 2 fully saturated rings. The summed E-state index contributed by atoms with van der Waals surface area (Å²) in [5.74, 6) is 1.02. The SMILES string of the molecule is C[C@@H]1NC(=O)N[C@H]1CCCCCC(=O)Nc1ccc2c(c1)OC1(CCCCC1)O2. The monoisotopic (exact) mass is 401 g/mol. The van der Waals surface area contributed by atoms with Crippen LogP contribution >= 0.6 is 0 Å². The van der Waals surface area contributed by atoms with Crippen LogP contribution in [0.1, 0.15) is 71.1 Å². The van der Waals surface area contributed by atoms with Crippen LogP contribution in [-0.2, 0) is 4.79 Å². The van der Waals surface area contributed by atoms with Gasteiger partial charge in [0.25, 0.3) is 5.79 Å². The molecular formula is C22H31N3O4. The molecule has 0 aromatic heterocycles. The highest BCUT2D eigenvalue weighted by Gasteiger charge is 2.42. The predicted molar refractivity (Wildman–Crippen MR) is 110 cm³/mol. The van der Waals surface area contributed by atoms with E-state index in [4.69, 9.17) is 9.47 Å². The fourth-order valence-corrected chi connectivity index (χ4v) is 4.48. The van der Waals surface area contributed by atoms with Gasteiger partial charge in [-0.2, -0.15) is 0 Å². The Morgan fingerprint density at radius 1 is 1.10 bits per heavy atom. The second-order valence-electron chi connectivity index (χ2n) is 8.50. The minimum Gasteiger partial charge on any atom is -0.448 e. The molecule has 0 radical (unpaired) electrons. The van der Waals surface area contributed by atoms with Crippen LogP contribution in [0.25, 0.3) is 0 Å². The van der Waals surface area contributed by atoms with Crippen LogP contribution in [0.4, 0.5) is 10.5 Å². The molecule has 1 aliphatic carbocycles. The van der Waals surface area contributed by atoms with Gasteiger partial charge in [-0.3, -0.25) is 4.79 Å². The zero-order valence-corrected chi connectivity index (χ0v) is 17.1. The van der Waals surface area contributed by atoms with Gasteiger partial charge in [0.1, 0.15) is 0 Å². The van der Waals surface area contributed by atoms with E-state index in [1.807, 2.05) is 25.1 Å². The number of rotatable bonds is 7. The van der Waals surface area contributed by atoms with Gasteiger partial charge in [0.15, 0.2) is 11.5 Å². The van der Waals surface area contributed by atoms with Gasteiger partial charge in [-0.15, -0.1) is 0 Å². The maximum absolute atomic E-state index is 12.3. The number of fused-ring (bicyclic) bond motifs is 1. The highest BCUT2D eigenvalue weighted by molar-refractivity contribution is 5.91. The minimum atomic E-state index is -0.491. The van der Waals surface area contributed by atoms with E-state index >= 15 is 0 Å². The van der Waals surface area contributed by atoms with Gasteiger partial charge in [-0.1, -0.05) is 19.3 Å². The van der Waals surface area contributed by atoms with Crippen molar-refractivity contribution < 1.29 is 19.1 Å². The lowest BCUT2D eigenvalue weighted by molar-refractivity contribution is -0.116. The number of carbonyl (C=O) groups excluding carboxylic acids is 2. The first kappa shape index (κ1) is 19.9. The van der Waals surface area contributed by atoms with Gasteiger partial charge >= 0.3 is 6.03 Å². The lowest BCUT2D eigenvalue weighted by Crippen LogP contribution is -2.40. The highest BCUT2D eigenvalue weighted by atomic mass is 16.7. The van der Waals surface area contributed by atoms with Gasteiger partial charge in [0.2, 0.25) is 5.91 Å². The molecule has 29 heavy (non-hydrogen) atoms. The average molecular weight is 402 g/mol. The smallest absolute Gasteiger partial charge is 0.315 e. The van der Waals surface area contributed by atoms with Crippen LogP contribution in [0.3, 0.4) is 0 Å². The quantitative estimate of drug-likeness (QED) is 0.601. The molecule has 0 unspecified atom stereocenters. The van der Waals surface area contributed by atoms with Crippen LogP contribution in [0, 0.1) is 0 Å². The van der Waals surface area contributed by atoms with Gasteiger partial charge in [0.05, 0.1) is 6.04 Å². The Morgan fingerprint density at radius 2 is 1.90 bits per heavy atom. The molecule has 0 bridgehead atoms. The lowest BCUT2D eigenvalue weighted by atomic mass is 9.94. The number of hydrogen-bond donors (Lipinski definition) is 3. The topological polar surface area (TPSA) is 88.7 Å². The van der Waals surface area contributed by atoms with E-state index in [1.54, 1.807) is 0 Å². The van der Waals surface area contributed by atoms with Crippen LogP contribution in [-0.4, -0.2) is 29.8 Å². The fourth-order valence-electron chi connectivity index (χ4n) is 4.48. The van der Waals surface area contributed by atoms with Crippen LogP contribution in [0.2, 0.25) is 0 Å². The number of amides is 3. The number of benzene rings is 1. The molecule has 1 aromatic rings. The molecule has 1 aromatic carbocycles. The summed E-state index contributed by atoms with van der Waals surface area (Å²) in [5, 5.41) is 8.75. The summed E-state index contributed by atoms with van der Waals surface area (Å²) >= 11 is 0. The Balaban J connectivity index is 1.18. The van der Waals surface area contributed by atoms with E-state index < -0.39 is 5.79 Å². The summed E-state index contributed by atoms with van der Waals surface area (Å²) in [6, 6.07) is 5.91. The molecule has 1 saturated carbocycles.